The number of carbonyl (C=O) groups excluding carboxylic acids is 1. The van der Waals surface area contributed by atoms with E-state index >= 15 is 0 Å². The molecule has 1 aliphatic heterocycles. The first-order valence-electron chi connectivity index (χ1n) is 7.65. The smallest absolute Gasteiger partial charge is 0.240 e. The Labute approximate surface area is 131 Å². The van der Waals surface area contributed by atoms with Gasteiger partial charge in [0.15, 0.2) is 0 Å². The predicted molar refractivity (Wildman–Crippen MR) is 86.6 cm³/mol. The van der Waals surface area contributed by atoms with Crippen molar-refractivity contribution in [1.29, 1.82) is 0 Å². The Morgan fingerprint density at radius 2 is 2.29 bits per heavy atom. The molecule has 4 nitrogen and oxygen atoms in total. The van der Waals surface area contributed by atoms with Crippen LogP contribution in [0.2, 0.25) is 0 Å². The SMILES string of the molecule is COCCN(Cc1ccc(C)s1)C(=O)[C@H]1CCCCN1C. The van der Waals surface area contributed by atoms with Crippen LogP contribution in [0.4, 0.5) is 0 Å². The summed E-state index contributed by atoms with van der Waals surface area (Å²) < 4.78 is 5.18. The maximum atomic E-state index is 12.9. The van der Waals surface area contributed by atoms with Crippen molar-refractivity contribution in [3.8, 4) is 0 Å². The van der Waals surface area contributed by atoms with Gasteiger partial charge in [0, 0.05) is 23.4 Å². The second kappa shape index (κ2) is 7.92. The van der Waals surface area contributed by atoms with Crippen LogP contribution in [-0.4, -0.2) is 55.6 Å². The van der Waals surface area contributed by atoms with Crippen molar-refractivity contribution in [2.24, 2.45) is 0 Å². The van der Waals surface area contributed by atoms with E-state index in [0.717, 1.165) is 19.4 Å². The lowest BCUT2D eigenvalue weighted by Gasteiger charge is -2.35. The highest BCUT2D eigenvalue weighted by Crippen LogP contribution is 2.21. The molecule has 1 saturated heterocycles. The summed E-state index contributed by atoms with van der Waals surface area (Å²) in [6.45, 7) is 5.07. The third-order valence-electron chi connectivity index (χ3n) is 4.08. The largest absolute Gasteiger partial charge is 0.383 e. The zero-order valence-corrected chi connectivity index (χ0v) is 14.1. The molecule has 0 unspecified atom stereocenters. The maximum absolute atomic E-state index is 12.9. The van der Waals surface area contributed by atoms with Crippen molar-refractivity contribution < 1.29 is 9.53 Å². The van der Waals surface area contributed by atoms with Gasteiger partial charge in [0.2, 0.25) is 5.91 Å². The van der Waals surface area contributed by atoms with Gasteiger partial charge in [-0.15, -0.1) is 11.3 Å². The van der Waals surface area contributed by atoms with Crippen LogP contribution in [0.3, 0.4) is 0 Å². The lowest BCUT2D eigenvalue weighted by Crippen LogP contribution is -2.49. The standard InChI is InChI=1S/C16H26N2O2S/c1-13-7-8-14(21-13)12-18(10-11-20-3)16(19)15-6-4-5-9-17(15)2/h7-8,15H,4-6,9-12H2,1-3H3/t15-/m1/s1. The number of likely N-dealkylation sites (N-methyl/N-ethyl adjacent to an activating group) is 1. The summed E-state index contributed by atoms with van der Waals surface area (Å²) in [5, 5.41) is 0. The fraction of sp³-hybridized carbons (Fsp3) is 0.688. The van der Waals surface area contributed by atoms with E-state index in [-0.39, 0.29) is 11.9 Å². The first-order chi connectivity index (χ1) is 10.1. The third-order valence-corrected chi connectivity index (χ3v) is 5.06. The van der Waals surface area contributed by atoms with Crippen LogP contribution in [0, 0.1) is 6.92 Å². The molecule has 0 spiro atoms. The monoisotopic (exact) mass is 310 g/mol. The molecule has 5 heteroatoms. The summed E-state index contributed by atoms with van der Waals surface area (Å²) in [5.41, 5.74) is 0. The number of hydrogen-bond acceptors (Lipinski definition) is 4. The summed E-state index contributed by atoms with van der Waals surface area (Å²) in [6.07, 6.45) is 3.32. The van der Waals surface area contributed by atoms with Gasteiger partial charge < -0.3 is 9.64 Å². The molecule has 21 heavy (non-hydrogen) atoms. The lowest BCUT2D eigenvalue weighted by molar-refractivity contribution is -0.138. The van der Waals surface area contributed by atoms with E-state index in [2.05, 4.69) is 31.0 Å². The van der Waals surface area contributed by atoms with Gasteiger partial charge in [-0.05, 0) is 45.5 Å². The topological polar surface area (TPSA) is 32.8 Å². The molecule has 0 bridgehead atoms. The Morgan fingerprint density at radius 1 is 1.48 bits per heavy atom. The fourth-order valence-corrected chi connectivity index (χ4v) is 3.73. The van der Waals surface area contributed by atoms with Gasteiger partial charge in [0.05, 0.1) is 19.2 Å². The van der Waals surface area contributed by atoms with Gasteiger partial charge in [0.1, 0.15) is 0 Å². The van der Waals surface area contributed by atoms with Gasteiger partial charge in [-0.3, -0.25) is 9.69 Å². The van der Waals surface area contributed by atoms with E-state index in [1.54, 1.807) is 18.4 Å². The van der Waals surface area contributed by atoms with Crippen molar-refractivity contribution in [3.63, 3.8) is 0 Å². The minimum Gasteiger partial charge on any atom is -0.383 e. The average molecular weight is 310 g/mol. The second-order valence-electron chi connectivity index (χ2n) is 5.76. The lowest BCUT2D eigenvalue weighted by atomic mass is 10.0. The zero-order valence-electron chi connectivity index (χ0n) is 13.3. The maximum Gasteiger partial charge on any atom is 0.240 e. The van der Waals surface area contributed by atoms with Crippen LogP contribution in [-0.2, 0) is 16.1 Å². The van der Waals surface area contributed by atoms with Gasteiger partial charge in [0.25, 0.3) is 0 Å². The molecule has 2 heterocycles. The minimum absolute atomic E-state index is 0.0386. The zero-order chi connectivity index (χ0) is 15.2. The minimum atomic E-state index is 0.0386. The highest BCUT2D eigenvalue weighted by Gasteiger charge is 2.29. The molecule has 1 fully saturated rings. The molecule has 2 rings (SSSR count). The third kappa shape index (κ3) is 4.53. The molecule has 0 N–H and O–H groups in total. The molecule has 1 amide bonds. The van der Waals surface area contributed by atoms with E-state index in [1.807, 2.05) is 4.90 Å². The summed E-state index contributed by atoms with van der Waals surface area (Å²) in [4.78, 5) is 19.6. The Morgan fingerprint density at radius 3 is 2.90 bits per heavy atom. The fourth-order valence-electron chi connectivity index (χ4n) is 2.82. The number of thiophene rings is 1. The predicted octanol–water partition coefficient (Wildman–Crippen LogP) is 2.52. The quantitative estimate of drug-likeness (QED) is 0.809. The van der Waals surface area contributed by atoms with E-state index in [0.29, 0.717) is 19.7 Å². The van der Waals surface area contributed by atoms with Crippen molar-refractivity contribution >= 4 is 17.2 Å². The molecule has 0 saturated carbocycles. The Balaban J connectivity index is 2.04. The van der Waals surface area contributed by atoms with Crippen molar-refractivity contribution in [1.82, 2.24) is 9.80 Å². The number of likely N-dealkylation sites (tertiary alicyclic amines) is 1. The van der Waals surface area contributed by atoms with E-state index < -0.39 is 0 Å². The molecule has 118 valence electrons. The molecule has 1 aliphatic rings. The summed E-state index contributed by atoms with van der Waals surface area (Å²) >= 11 is 1.77. The van der Waals surface area contributed by atoms with E-state index in [1.165, 1.54) is 16.2 Å². The van der Waals surface area contributed by atoms with Gasteiger partial charge in [-0.25, -0.2) is 0 Å². The number of hydrogen-bond donors (Lipinski definition) is 0. The van der Waals surface area contributed by atoms with E-state index in [4.69, 9.17) is 4.74 Å². The number of amides is 1. The van der Waals surface area contributed by atoms with E-state index in [9.17, 15) is 4.79 Å². The average Bonchev–Trinajstić information content (AvgIpc) is 2.88. The first-order valence-corrected chi connectivity index (χ1v) is 8.46. The number of piperidine rings is 1. The second-order valence-corrected chi connectivity index (χ2v) is 7.13. The summed E-state index contributed by atoms with van der Waals surface area (Å²) in [7, 11) is 3.75. The highest BCUT2D eigenvalue weighted by atomic mass is 32.1. The van der Waals surface area contributed by atoms with Crippen molar-refractivity contribution in [2.75, 3.05) is 33.9 Å². The van der Waals surface area contributed by atoms with Gasteiger partial charge >= 0.3 is 0 Å². The van der Waals surface area contributed by atoms with Crippen LogP contribution in [0.5, 0.6) is 0 Å². The van der Waals surface area contributed by atoms with Crippen LogP contribution < -0.4 is 0 Å². The summed E-state index contributed by atoms with van der Waals surface area (Å²) in [5.74, 6) is 0.250. The Hall–Kier alpha value is -0.910. The van der Waals surface area contributed by atoms with Gasteiger partial charge in [-0.1, -0.05) is 6.42 Å². The Kier molecular flexibility index (Phi) is 6.21. The highest BCUT2D eigenvalue weighted by molar-refractivity contribution is 7.11. The van der Waals surface area contributed by atoms with Crippen molar-refractivity contribution in [2.45, 2.75) is 38.8 Å². The number of nitrogens with zero attached hydrogens (tertiary/aromatic N) is 2. The Bertz CT molecular complexity index is 461. The van der Waals surface area contributed by atoms with Crippen LogP contribution in [0.15, 0.2) is 12.1 Å². The molecule has 0 radical (unpaired) electrons. The molecular weight excluding hydrogens is 284 g/mol. The van der Waals surface area contributed by atoms with Gasteiger partial charge in [-0.2, -0.15) is 0 Å². The number of rotatable bonds is 6. The number of carbonyl (C=O) groups is 1. The van der Waals surface area contributed by atoms with Crippen LogP contribution >= 0.6 is 11.3 Å². The molecule has 1 aromatic rings. The first kappa shape index (κ1) is 16.5. The summed E-state index contributed by atoms with van der Waals surface area (Å²) in [6, 6.07) is 4.28. The molecular formula is C16H26N2O2S. The molecule has 1 atom stereocenters. The molecule has 0 aliphatic carbocycles. The van der Waals surface area contributed by atoms with Crippen LogP contribution in [0.25, 0.3) is 0 Å². The van der Waals surface area contributed by atoms with Crippen molar-refractivity contribution in [3.05, 3.63) is 21.9 Å². The molecule has 1 aromatic heterocycles. The molecule has 0 aromatic carbocycles. The number of methoxy groups -OCH3 is 1. The van der Waals surface area contributed by atoms with Crippen LogP contribution in [0.1, 0.15) is 29.0 Å². The number of ether oxygens (including phenoxy) is 1. The number of aryl methyl sites for hydroxylation is 1. The normalized spacial score (nSPS) is 19.7.